The van der Waals surface area contributed by atoms with Crippen molar-refractivity contribution < 1.29 is 9.18 Å². The zero-order chi connectivity index (χ0) is 18.5. The van der Waals surface area contributed by atoms with E-state index in [4.69, 9.17) is 0 Å². The third kappa shape index (κ3) is 4.03. The molecule has 5 nitrogen and oxygen atoms in total. The maximum absolute atomic E-state index is 13.6. The summed E-state index contributed by atoms with van der Waals surface area (Å²) >= 11 is 0. The Hall–Kier alpha value is -3.28. The van der Waals surface area contributed by atoms with Crippen molar-refractivity contribution in [2.45, 2.75) is 20.4 Å². The zero-order valence-electron chi connectivity index (χ0n) is 14.6. The molecule has 0 atom stereocenters. The molecule has 132 valence electrons. The van der Waals surface area contributed by atoms with Crippen LogP contribution >= 0.6 is 0 Å². The Kier molecular flexibility index (Phi) is 5.22. The van der Waals surface area contributed by atoms with Crippen LogP contribution in [0, 0.1) is 19.7 Å². The van der Waals surface area contributed by atoms with E-state index in [1.54, 1.807) is 18.2 Å². The fourth-order valence-corrected chi connectivity index (χ4v) is 2.43. The number of amides is 1. The summed E-state index contributed by atoms with van der Waals surface area (Å²) < 4.78 is 13.6. The van der Waals surface area contributed by atoms with E-state index in [1.165, 1.54) is 18.5 Å². The molecule has 1 heterocycles. The summed E-state index contributed by atoms with van der Waals surface area (Å²) in [7, 11) is 0. The summed E-state index contributed by atoms with van der Waals surface area (Å²) in [6.45, 7) is 4.21. The number of carbonyl (C=O) groups excluding carboxylic acids is 1. The van der Waals surface area contributed by atoms with Gasteiger partial charge in [0.05, 0.1) is 5.56 Å². The van der Waals surface area contributed by atoms with Crippen LogP contribution < -0.4 is 10.6 Å². The van der Waals surface area contributed by atoms with Gasteiger partial charge in [0.1, 0.15) is 5.82 Å². The molecule has 0 saturated heterocycles. The molecule has 0 fully saturated rings. The molecule has 26 heavy (non-hydrogen) atoms. The molecule has 0 aliphatic heterocycles. The number of rotatable bonds is 5. The van der Waals surface area contributed by atoms with Crippen LogP contribution in [0.25, 0.3) is 0 Å². The Morgan fingerprint density at radius 2 is 1.77 bits per heavy atom. The molecular formula is C20H19FN4O. The molecule has 1 amide bonds. The zero-order valence-corrected chi connectivity index (χ0v) is 14.6. The van der Waals surface area contributed by atoms with Crippen molar-refractivity contribution in [3.05, 3.63) is 82.9 Å². The van der Waals surface area contributed by atoms with Crippen molar-refractivity contribution in [1.29, 1.82) is 0 Å². The van der Waals surface area contributed by atoms with E-state index in [-0.39, 0.29) is 18.3 Å². The maximum atomic E-state index is 13.6. The van der Waals surface area contributed by atoms with Crippen LogP contribution in [0.3, 0.4) is 0 Å². The number of benzene rings is 2. The standard InChI is InChI=1S/C20H19FN4O/c1-13-6-5-9-18(14(13)2)25-19(26)16-11-23-20(24-12-16)22-10-15-7-3-4-8-17(15)21/h3-9,11-12H,10H2,1-2H3,(H,25,26)(H,22,23,24). The molecule has 0 aliphatic rings. The molecule has 2 N–H and O–H groups in total. The number of hydrogen-bond donors (Lipinski definition) is 2. The quantitative estimate of drug-likeness (QED) is 0.727. The van der Waals surface area contributed by atoms with Gasteiger partial charge >= 0.3 is 0 Å². The highest BCUT2D eigenvalue weighted by Gasteiger charge is 2.10. The van der Waals surface area contributed by atoms with Gasteiger partial charge in [-0.2, -0.15) is 0 Å². The van der Waals surface area contributed by atoms with Gasteiger partial charge in [0.15, 0.2) is 0 Å². The average Bonchev–Trinajstić information content (AvgIpc) is 2.65. The third-order valence-corrected chi connectivity index (χ3v) is 4.16. The van der Waals surface area contributed by atoms with Gasteiger partial charge in [-0.15, -0.1) is 0 Å². The lowest BCUT2D eigenvalue weighted by Gasteiger charge is -2.10. The molecule has 0 saturated carbocycles. The van der Waals surface area contributed by atoms with Crippen molar-refractivity contribution in [1.82, 2.24) is 9.97 Å². The van der Waals surface area contributed by atoms with Crippen LogP contribution in [0.15, 0.2) is 54.9 Å². The number of aromatic nitrogens is 2. The average molecular weight is 350 g/mol. The molecule has 0 unspecified atom stereocenters. The third-order valence-electron chi connectivity index (χ3n) is 4.16. The number of nitrogens with zero attached hydrogens (tertiary/aromatic N) is 2. The first-order valence-electron chi connectivity index (χ1n) is 8.21. The van der Waals surface area contributed by atoms with Crippen LogP contribution in [-0.2, 0) is 6.54 Å². The largest absolute Gasteiger partial charge is 0.350 e. The predicted molar refractivity (Wildman–Crippen MR) is 99.6 cm³/mol. The maximum Gasteiger partial charge on any atom is 0.258 e. The van der Waals surface area contributed by atoms with Crippen LogP contribution in [0.2, 0.25) is 0 Å². The topological polar surface area (TPSA) is 66.9 Å². The van der Waals surface area contributed by atoms with Crippen LogP contribution in [0.4, 0.5) is 16.0 Å². The normalized spacial score (nSPS) is 10.4. The van der Waals surface area contributed by atoms with E-state index < -0.39 is 0 Å². The summed E-state index contributed by atoms with van der Waals surface area (Å²) in [4.78, 5) is 20.6. The molecule has 0 aliphatic carbocycles. The molecule has 0 bridgehead atoms. The van der Waals surface area contributed by atoms with Crippen molar-refractivity contribution in [2.24, 2.45) is 0 Å². The van der Waals surface area contributed by atoms with Gasteiger partial charge in [-0.3, -0.25) is 4.79 Å². The molecule has 2 aromatic carbocycles. The Balaban J connectivity index is 1.64. The Morgan fingerprint density at radius 3 is 2.50 bits per heavy atom. The Bertz CT molecular complexity index is 925. The summed E-state index contributed by atoms with van der Waals surface area (Å²) in [5, 5.41) is 5.80. The van der Waals surface area contributed by atoms with E-state index >= 15 is 0 Å². The lowest BCUT2D eigenvalue weighted by atomic mass is 10.1. The van der Waals surface area contributed by atoms with Gasteiger partial charge in [-0.25, -0.2) is 14.4 Å². The lowest BCUT2D eigenvalue weighted by Crippen LogP contribution is -2.14. The van der Waals surface area contributed by atoms with Gasteiger partial charge in [-0.05, 0) is 37.1 Å². The minimum Gasteiger partial charge on any atom is -0.350 e. The first-order chi connectivity index (χ1) is 12.5. The molecule has 3 rings (SSSR count). The van der Waals surface area contributed by atoms with Crippen LogP contribution in [-0.4, -0.2) is 15.9 Å². The van der Waals surface area contributed by atoms with Gasteiger partial charge in [0.25, 0.3) is 5.91 Å². The molecule has 0 radical (unpaired) electrons. The van der Waals surface area contributed by atoms with E-state index in [0.29, 0.717) is 17.1 Å². The lowest BCUT2D eigenvalue weighted by molar-refractivity contribution is 0.102. The summed E-state index contributed by atoms with van der Waals surface area (Å²) in [6.07, 6.45) is 2.88. The van der Waals surface area contributed by atoms with E-state index in [2.05, 4.69) is 20.6 Å². The van der Waals surface area contributed by atoms with E-state index in [1.807, 2.05) is 32.0 Å². The second-order valence-electron chi connectivity index (χ2n) is 5.94. The monoisotopic (exact) mass is 350 g/mol. The first-order valence-corrected chi connectivity index (χ1v) is 8.21. The van der Waals surface area contributed by atoms with Crippen molar-refractivity contribution in [2.75, 3.05) is 10.6 Å². The van der Waals surface area contributed by atoms with Crippen molar-refractivity contribution in [3.63, 3.8) is 0 Å². The Labute approximate surface area is 151 Å². The van der Waals surface area contributed by atoms with Gasteiger partial charge < -0.3 is 10.6 Å². The van der Waals surface area contributed by atoms with Crippen LogP contribution in [0.5, 0.6) is 0 Å². The number of nitrogens with one attached hydrogen (secondary N) is 2. The number of carbonyl (C=O) groups is 1. The molecule has 3 aromatic rings. The molecular weight excluding hydrogens is 331 g/mol. The summed E-state index contributed by atoms with van der Waals surface area (Å²) in [5.41, 5.74) is 3.75. The van der Waals surface area contributed by atoms with Crippen molar-refractivity contribution in [3.8, 4) is 0 Å². The highest BCUT2D eigenvalue weighted by molar-refractivity contribution is 6.04. The molecule has 1 aromatic heterocycles. The Morgan fingerprint density at radius 1 is 1.04 bits per heavy atom. The second-order valence-corrected chi connectivity index (χ2v) is 5.94. The molecule has 6 heteroatoms. The second kappa shape index (κ2) is 7.74. The minimum absolute atomic E-state index is 0.265. The van der Waals surface area contributed by atoms with Crippen LogP contribution in [0.1, 0.15) is 27.0 Å². The highest BCUT2D eigenvalue weighted by Crippen LogP contribution is 2.18. The predicted octanol–water partition coefficient (Wildman–Crippen LogP) is 4.10. The van der Waals surface area contributed by atoms with Gasteiger partial charge in [-0.1, -0.05) is 30.3 Å². The van der Waals surface area contributed by atoms with Gasteiger partial charge in [0.2, 0.25) is 5.95 Å². The first kappa shape index (κ1) is 17.5. The fraction of sp³-hybridized carbons (Fsp3) is 0.150. The number of aryl methyl sites for hydroxylation is 1. The fourth-order valence-electron chi connectivity index (χ4n) is 2.43. The highest BCUT2D eigenvalue weighted by atomic mass is 19.1. The molecule has 0 spiro atoms. The minimum atomic E-state index is -0.287. The smallest absolute Gasteiger partial charge is 0.258 e. The summed E-state index contributed by atoms with van der Waals surface area (Å²) in [5.74, 6) is -0.236. The van der Waals surface area contributed by atoms with Gasteiger partial charge in [0, 0.05) is 30.2 Å². The number of anilines is 2. The SMILES string of the molecule is Cc1cccc(NC(=O)c2cnc(NCc3ccccc3F)nc2)c1C. The van der Waals surface area contributed by atoms with E-state index in [9.17, 15) is 9.18 Å². The van der Waals surface area contributed by atoms with Crippen molar-refractivity contribution >= 4 is 17.5 Å². The number of hydrogen-bond acceptors (Lipinski definition) is 4. The van der Waals surface area contributed by atoms with E-state index in [0.717, 1.165) is 16.8 Å². The number of halogens is 1. The summed E-state index contributed by atoms with van der Waals surface area (Å²) in [6, 6.07) is 12.2.